The molecule has 1 atom stereocenters. The Balaban J connectivity index is 1.06. The molecule has 4 aromatic rings. The van der Waals surface area contributed by atoms with E-state index in [1.54, 1.807) is 23.9 Å². The molecule has 1 fully saturated rings. The third-order valence-electron chi connectivity index (χ3n) is 10.8. The second-order valence-corrected chi connectivity index (χ2v) is 19.4. The smallest absolute Gasteiger partial charge is 0.293 e. The minimum atomic E-state index is -4.42. The zero-order valence-electron chi connectivity index (χ0n) is 33.6. The lowest BCUT2D eigenvalue weighted by Crippen LogP contribution is -2.47. The van der Waals surface area contributed by atoms with Crippen molar-refractivity contribution in [1.82, 2.24) is 14.5 Å². The predicted octanol–water partition coefficient (Wildman–Crippen LogP) is 8.68. The molecule has 11 nitrogen and oxygen atoms in total. The topological polar surface area (TPSA) is 128 Å². The van der Waals surface area contributed by atoms with Gasteiger partial charge in [-0.25, -0.2) is 13.1 Å². The van der Waals surface area contributed by atoms with Crippen LogP contribution in [0, 0.1) is 15.5 Å². The van der Waals surface area contributed by atoms with Gasteiger partial charge < -0.3 is 15.1 Å². The van der Waals surface area contributed by atoms with Gasteiger partial charge in [0.05, 0.1) is 9.82 Å². The number of benzene rings is 4. The van der Waals surface area contributed by atoms with Gasteiger partial charge in [0, 0.05) is 71.8 Å². The van der Waals surface area contributed by atoms with E-state index in [0.717, 1.165) is 80.2 Å². The highest BCUT2D eigenvalue weighted by atomic mass is 35.5. The van der Waals surface area contributed by atoms with Crippen molar-refractivity contribution in [2.75, 3.05) is 69.3 Å². The lowest BCUT2D eigenvalue weighted by atomic mass is 9.73. The molecule has 58 heavy (non-hydrogen) atoms. The maximum atomic E-state index is 13.4. The van der Waals surface area contributed by atoms with Crippen LogP contribution in [-0.2, 0) is 10.0 Å². The number of nitro benzene ring substituents is 1. The van der Waals surface area contributed by atoms with Crippen LogP contribution in [0.25, 0.3) is 5.57 Å². The SMILES string of the molecule is CN(C)CC[C@H](CSc1ccccc1)Nc1ccc(S(=O)(=O)NC(=O)c2ccc(N3CCN(CC4=C(c5ccc(Cl)cc5)CCC(C)(C)C4)CC3)cc2)cc1[N+](=O)[O-]. The number of anilines is 2. The summed E-state index contributed by atoms with van der Waals surface area (Å²) >= 11 is 7.83. The number of nitrogens with one attached hydrogen (secondary N) is 2. The number of carbonyl (C=O) groups excluding carboxylic acids is 1. The van der Waals surface area contributed by atoms with Gasteiger partial charge in [0.25, 0.3) is 21.6 Å². The van der Waals surface area contributed by atoms with Gasteiger partial charge in [-0.2, -0.15) is 0 Å². The van der Waals surface area contributed by atoms with Gasteiger partial charge in [0.15, 0.2) is 0 Å². The van der Waals surface area contributed by atoms with Gasteiger partial charge in [0.1, 0.15) is 5.69 Å². The first-order valence-electron chi connectivity index (χ1n) is 19.6. The summed E-state index contributed by atoms with van der Waals surface area (Å²) in [5.41, 5.74) is 5.39. The Hall–Kier alpha value is -4.40. The number of rotatable bonds is 16. The van der Waals surface area contributed by atoms with Crippen LogP contribution >= 0.6 is 23.4 Å². The van der Waals surface area contributed by atoms with E-state index in [-0.39, 0.29) is 33.3 Å². The van der Waals surface area contributed by atoms with Crippen molar-refractivity contribution in [1.29, 1.82) is 0 Å². The lowest BCUT2D eigenvalue weighted by molar-refractivity contribution is -0.384. The van der Waals surface area contributed by atoms with E-state index in [0.29, 0.717) is 12.2 Å². The van der Waals surface area contributed by atoms with E-state index >= 15 is 0 Å². The Labute approximate surface area is 352 Å². The maximum absolute atomic E-state index is 13.4. The molecule has 0 unspecified atom stereocenters. The summed E-state index contributed by atoms with van der Waals surface area (Å²) in [5, 5.41) is 16.2. The summed E-state index contributed by atoms with van der Waals surface area (Å²) in [5.74, 6) is -0.174. The number of piperazine rings is 1. The van der Waals surface area contributed by atoms with Crippen LogP contribution in [0.2, 0.25) is 5.02 Å². The number of hydrogen-bond donors (Lipinski definition) is 2. The number of hydrogen-bond acceptors (Lipinski definition) is 10. The Morgan fingerprint density at radius 2 is 1.66 bits per heavy atom. The molecule has 0 spiro atoms. The van der Waals surface area contributed by atoms with Crippen LogP contribution in [0.3, 0.4) is 0 Å². The first-order valence-corrected chi connectivity index (χ1v) is 22.5. The van der Waals surface area contributed by atoms with E-state index in [9.17, 15) is 23.3 Å². The monoisotopic (exact) mass is 844 g/mol. The average molecular weight is 846 g/mol. The van der Waals surface area contributed by atoms with Gasteiger partial charge in [0.2, 0.25) is 0 Å². The molecule has 6 rings (SSSR count). The van der Waals surface area contributed by atoms with Crippen LogP contribution in [-0.4, -0.2) is 94.2 Å². The normalized spacial score (nSPS) is 16.6. The van der Waals surface area contributed by atoms with E-state index in [2.05, 4.69) is 45.8 Å². The van der Waals surface area contributed by atoms with Crippen LogP contribution in [0.4, 0.5) is 17.1 Å². The summed E-state index contributed by atoms with van der Waals surface area (Å²) in [6, 6.07) is 28.5. The average Bonchev–Trinajstić information content (AvgIpc) is 3.19. The second kappa shape index (κ2) is 19.1. The molecular formula is C44H53ClN6O5S2. The summed E-state index contributed by atoms with van der Waals surface area (Å²) in [4.78, 5) is 32.3. The fraction of sp³-hybridized carbons (Fsp3) is 0.386. The first-order chi connectivity index (χ1) is 27.7. The molecule has 1 amide bonds. The van der Waals surface area contributed by atoms with Crippen LogP contribution in [0.15, 0.2) is 112 Å². The van der Waals surface area contributed by atoms with Crippen LogP contribution < -0.4 is 14.9 Å². The van der Waals surface area contributed by atoms with Crippen molar-refractivity contribution in [2.24, 2.45) is 5.41 Å². The maximum Gasteiger partial charge on any atom is 0.293 e. The number of allylic oxidation sites excluding steroid dienone is 1. The van der Waals surface area contributed by atoms with Gasteiger partial charge >= 0.3 is 0 Å². The predicted molar refractivity (Wildman–Crippen MR) is 237 cm³/mol. The number of nitrogens with zero attached hydrogens (tertiary/aromatic N) is 4. The number of sulfonamides is 1. The van der Waals surface area contributed by atoms with E-state index in [4.69, 9.17) is 11.6 Å². The van der Waals surface area contributed by atoms with E-state index in [1.807, 2.05) is 73.6 Å². The highest BCUT2D eigenvalue weighted by Gasteiger charge is 2.30. The minimum absolute atomic E-state index is 0.138. The zero-order valence-corrected chi connectivity index (χ0v) is 36.0. The number of nitro groups is 1. The Morgan fingerprint density at radius 1 is 0.966 bits per heavy atom. The summed E-state index contributed by atoms with van der Waals surface area (Å²) in [7, 11) is -0.500. The number of carbonyl (C=O) groups is 1. The van der Waals surface area contributed by atoms with Crippen LogP contribution in [0.1, 0.15) is 55.5 Å². The number of halogens is 1. The molecule has 0 aromatic heterocycles. The van der Waals surface area contributed by atoms with Crippen molar-refractivity contribution in [3.63, 3.8) is 0 Å². The van der Waals surface area contributed by atoms with Gasteiger partial charge in [-0.1, -0.05) is 61.4 Å². The first kappa shape index (κ1) is 43.2. The molecule has 0 radical (unpaired) electrons. The zero-order chi connectivity index (χ0) is 41.5. The minimum Gasteiger partial charge on any atom is -0.376 e. The molecule has 0 bridgehead atoms. The van der Waals surface area contributed by atoms with Gasteiger partial charge in [-0.15, -0.1) is 11.8 Å². The third kappa shape index (κ3) is 11.6. The highest BCUT2D eigenvalue weighted by molar-refractivity contribution is 7.99. The Bertz CT molecular complexity index is 2190. The molecule has 2 N–H and O–H groups in total. The molecule has 1 aliphatic carbocycles. The Morgan fingerprint density at radius 3 is 2.31 bits per heavy atom. The quantitative estimate of drug-likeness (QED) is 0.0643. The third-order valence-corrected chi connectivity index (χ3v) is 13.6. The number of thioether (sulfide) groups is 1. The largest absolute Gasteiger partial charge is 0.376 e. The molecule has 14 heteroatoms. The van der Waals surface area contributed by atoms with Crippen molar-refractivity contribution in [3.05, 3.63) is 129 Å². The molecule has 308 valence electrons. The highest BCUT2D eigenvalue weighted by Crippen LogP contribution is 2.43. The Kier molecular flexibility index (Phi) is 14.2. The molecule has 1 saturated heterocycles. The number of amides is 1. The fourth-order valence-corrected chi connectivity index (χ4v) is 9.67. The molecular weight excluding hydrogens is 792 g/mol. The van der Waals surface area contributed by atoms with Crippen molar-refractivity contribution in [2.45, 2.75) is 55.4 Å². The van der Waals surface area contributed by atoms with Gasteiger partial charge in [-0.05, 0) is 124 Å². The lowest BCUT2D eigenvalue weighted by Gasteiger charge is -2.39. The second-order valence-electron chi connectivity index (χ2n) is 16.2. The van der Waals surface area contributed by atoms with Crippen LogP contribution in [0.5, 0.6) is 0 Å². The molecule has 1 heterocycles. The van der Waals surface area contributed by atoms with E-state index in [1.165, 1.54) is 28.8 Å². The van der Waals surface area contributed by atoms with Crippen molar-refractivity contribution in [3.8, 4) is 0 Å². The van der Waals surface area contributed by atoms with Crippen molar-refractivity contribution < 1.29 is 18.1 Å². The fourth-order valence-electron chi connectivity index (χ4n) is 7.56. The standard InChI is InChI=1S/C44H53ClN6O5S2/c1-44(2)22-20-40(32-10-14-35(45)15-11-32)34(29-44)30-49-24-26-50(27-25-49)37-16-12-33(13-17-37)43(52)47-58(55,56)39-18-19-41(42(28-39)51(53)54)46-36(21-23-48(3)4)31-57-38-8-6-5-7-9-38/h5-19,28,36,46H,20-27,29-31H2,1-4H3,(H,47,52)/t36-/m1/s1. The van der Waals surface area contributed by atoms with E-state index < -0.39 is 20.9 Å². The molecule has 2 aliphatic rings. The van der Waals surface area contributed by atoms with Gasteiger partial charge in [-0.3, -0.25) is 19.8 Å². The van der Waals surface area contributed by atoms with Crippen molar-refractivity contribution >= 4 is 61.9 Å². The summed E-state index contributed by atoms with van der Waals surface area (Å²) < 4.78 is 28.9. The molecule has 1 aliphatic heterocycles. The molecule has 4 aromatic carbocycles. The summed E-state index contributed by atoms with van der Waals surface area (Å²) in [6.45, 7) is 9.79. The summed E-state index contributed by atoms with van der Waals surface area (Å²) in [6.07, 6.45) is 3.99. The molecule has 0 saturated carbocycles.